The molecule has 0 spiro atoms. The highest BCUT2D eigenvalue weighted by Crippen LogP contribution is 2.38. The van der Waals surface area contributed by atoms with Crippen LogP contribution in [0.25, 0.3) is 11.0 Å². The summed E-state index contributed by atoms with van der Waals surface area (Å²) >= 11 is 6.50. The van der Waals surface area contributed by atoms with Gasteiger partial charge in [-0.15, -0.1) is 0 Å². The number of anilines is 6. The summed E-state index contributed by atoms with van der Waals surface area (Å²) in [5.41, 5.74) is 4.61. The molecule has 1 unspecified atom stereocenters. The van der Waals surface area contributed by atoms with Gasteiger partial charge in [-0.2, -0.15) is 9.97 Å². The molecule has 6 rings (SSSR count). The molecule has 10 heteroatoms. The Labute approximate surface area is 215 Å². The number of ether oxygens (including phenoxy) is 1. The number of H-pyrrole nitrogens is 1. The van der Waals surface area contributed by atoms with Gasteiger partial charge in [0.2, 0.25) is 5.95 Å². The second kappa shape index (κ2) is 9.07. The Bertz CT molecular complexity index is 1420. The van der Waals surface area contributed by atoms with Crippen molar-refractivity contribution in [3.05, 3.63) is 53.7 Å². The Hall–Kier alpha value is -3.69. The molecule has 3 N–H and O–H groups in total. The van der Waals surface area contributed by atoms with Gasteiger partial charge < -0.3 is 35.1 Å². The lowest BCUT2D eigenvalue weighted by atomic mass is 10.1. The van der Waals surface area contributed by atoms with Gasteiger partial charge in [0.25, 0.3) is 0 Å². The van der Waals surface area contributed by atoms with Crippen LogP contribution in [0.2, 0.25) is 5.02 Å². The van der Waals surface area contributed by atoms with E-state index in [1.165, 1.54) is 0 Å². The fourth-order valence-electron chi connectivity index (χ4n) is 4.97. The Kier molecular flexibility index (Phi) is 5.73. The van der Waals surface area contributed by atoms with Gasteiger partial charge >= 0.3 is 0 Å². The number of nitrogens with zero attached hydrogens (tertiary/aromatic N) is 5. The minimum Gasteiger partial charge on any atom is -0.489 e. The number of nitrogens with one attached hydrogen (secondary N) is 3. The van der Waals surface area contributed by atoms with Crippen LogP contribution in [0.3, 0.4) is 0 Å². The SMILES string of the molecule is CN1CCN2c3ccc(Nc4nc(Nc5ccccc5N(C)C)c5c(Cl)c[nH]c5n4)cc3OCC2C1. The molecule has 2 aliphatic rings. The molecule has 4 aromatic rings. The molecule has 0 radical (unpaired) electrons. The maximum atomic E-state index is 6.50. The van der Waals surface area contributed by atoms with Crippen LogP contribution < -0.4 is 25.2 Å². The average molecular weight is 505 g/mol. The van der Waals surface area contributed by atoms with Gasteiger partial charge in [-0.25, -0.2) is 0 Å². The third-order valence-electron chi connectivity index (χ3n) is 6.76. The second-order valence-corrected chi connectivity index (χ2v) is 9.93. The molecule has 1 saturated heterocycles. The third-order valence-corrected chi connectivity index (χ3v) is 7.06. The number of rotatable bonds is 5. The van der Waals surface area contributed by atoms with Crippen LogP contribution in [0.15, 0.2) is 48.7 Å². The van der Waals surface area contributed by atoms with E-state index in [1.807, 2.05) is 44.4 Å². The van der Waals surface area contributed by atoms with Gasteiger partial charge in [-0.05, 0) is 31.3 Å². The lowest BCUT2D eigenvalue weighted by Crippen LogP contribution is -2.56. The van der Waals surface area contributed by atoms with Crippen LogP contribution in [0.1, 0.15) is 0 Å². The molecule has 186 valence electrons. The van der Waals surface area contributed by atoms with E-state index in [2.05, 4.69) is 54.5 Å². The van der Waals surface area contributed by atoms with Crippen LogP contribution in [0.5, 0.6) is 5.75 Å². The van der Waals surface area contributed by atoms with Gasteiger partial charge in [0.15, 0.2) is 0 Å². The van der Waals surface area contributed by atoms with Crippen molar-refractivity contribution < 1.29 is 4.74 Å². The Balaban J connectivity index is 1.31. The number of hydrogen-bond donors (Lipinski definition) is 3. The Morgan fingerprint density at radius 3 is 2.83 bits per heavy atom. The largest absolute Gasteiger partial charge is 0.489 e. The fourth-order valence-corrected chi connectivity index (χ4v) is 5.20. The summed E-state index contributed by atoms with van der Waals surface area (Å²) in [5.74, 6) is 1.96. The van der Waals surface area contributed by atoms with Crippen LogP contribution in [-0.2, 0) is 0 Å². The topological polar surface area (TPSA) is 84.6 Å². The third kappa shape index (κ3) is 4.14. The van der Waals surface area contributed by atoms with E-state index in [0.717, 1.165) is 53.5 Å². The van der Waals surface area contributed by atoms with Crippen molar-refractivity contribution in [2.75, 3.05) is 67.8 Å². The molecular formula is C26H29ClN8O. The number of benzene rings is 2. The molecular weight excluding hydrogens is 476 g/mol. The zero-order chi connectivity index (χ0) is 24.8. The average Bonchev–Trinajstić information content (AvgIpc) is 3.24. The molecule has 36 heavy (non-hydrogen) atoms. The van der Waals surface area contributed by atoms with Crippen LogP contribution in [0.4, 0.5) is 34.5 Å². The lowest BCUT2D eigenvalue weighted by Gasteiger charge is -2.44. The maximum absolute atomic E-state index is 6.50. The van der Waals surface area contributed by atoms with Crippen molar-refractivity contribution in [3.8, 4) is 5.75 Å². The first-order valence-corrected chi connectivity index (χ1v) is 12.4. The normalized spacial score (nSPS) is 17.3. The number of fused-ring (bicyclic) bond motifs is 4. The molecule has 1 atom stereocenters. The van der Waals surface area contributed by atoms with E-state index in [1.54, 1.807) is 6.20 Å². The van der Waals surface area contributed by atoms with Gasteiger partial charge in [-0.3, -0.25) is 0 Å². The molecule has 1 fully saturated rings. The first-order valence-electron chi connectivity index (χ1n) is 12.0. The molecule has 2 aliphatic heterocycles. The quantitative estimate of drug-likeness (QED) is 0.361. The summed E-state index contributed by atoms with van der Waals surface area (Å²) in [6.07, 6.45) is 1.73. The monoisotopic (exact) mass is 504 g/mol. The smallest absolute Gasteiger partial charge is 0.231 e. The van der Waals surface area contributed by atoms with E-state index >= 15 is 0 Å². The van der Waals surface area contributed by atoms with E-state index in [9.17, 15) is 0 Å². The predicted octanol–water partition coefficient (Wildman–Crippen LogP) is 4.68. The Morgan fingerprint density at radius 1 is 1.11 bits per heavy atom. The van der Waals surface area contributed by atoms with Gasteiger partial charge in [0.05, 0.1) is 33.5 Å². The zero-order valence-electron chi connectivity index (χ0n) is 20.5. The van der Waals surface area contributed by atoms with Crippen molar-refractivity contribution in [1.82, 2.24) is 19.9 Å². The zero-order valence-corrected chi connectivity index (χ0v) is 21.3. The summed E-state index contributed by atoms with van der Waals surface area (Å²) in [6, 6.07) is 14.6. The van der Waals surface area contributed by atoms with Crippen molar-refractivity contribution in [2.24, 2.45) is 0 Å². The van der Waals surface area contributed by atoms with Gasteiger partial charge in [0, 0.05) is 51.7 Å². The van der Waals surface area contributed by atoms with Gasteiger partial charge in [0.1, 0.15) is 23.8 Å². The molecule has 9 nitrogen and oxygen atoms in total. The molecule has 2 aromatic carbocycles. The highest BCUT2D eigenvalue weighted by Gasteiger charge is 2.31. The van der Waals surface area contributed by atoms with Crippen molar-refractivity contribution in [3.63, 3.8) is 0 Å². The van der Waals surface area contributed by atoms with Crippen molar-refractivity contribution in [1.29, 1.82) is 0 Å². The fraction of sp³-hybridized carbons (Fsp3) is 0.308. The minimum absolute atomic E-state index is 0.386. The molecule has 2 aromatic heterocycles. The molecule has 0 bridgehead atoms. The molecule has 0 saturated carbocycles. The summed E-state index contributed by atoms with van der Waals surface area (Å²) in [5, 5.41) is 8.12. The summed E-state index contributed by atoms with van der Waals surface area (Å²) < 4.78 is 6.14. The standard InChI is InChI=1S/C26H29ClN8O/c1-33(2)20-7-5-4-6-19(20)30-25-23-18(27)13-28-24(23)31-26(32-25)29-16-8-9-21-22(12-16)36-15-17-14-34(3)10-11-35(17)21/h4-9,12-13,17H,10-11,14-15H2,1-3H3,(H3,28,29,30,31,32). The number of aromatic nitrogens is 3. The van der Waals surface area contributed by atoms with Gasteiger partial charge in [-0.1, -0.05) is 23.7 Å². The number of piperazine rings is 1. The maximum Gasteiger partial charge on any atom is 0.231 e. The highest BCUT2D eigenvalue weighted by molar-refractivity contribution is 6.36. The highest BCUT2D eigenvalue weighted by atomic mass is 35.5. The predicted molar refractivity (Wildman–Crippen MR) is 147 cm³/mol. The van der Waals surface area contributed by atoms with E-state index in [0.29, 0.717) is 35.1 Å². The molecule has 0 amide bonds. The number of para-hydroxylation sites is 2. The van der Waals surface area contributed by atoms with E-state index in [-0.39, 0.29) is 0 Å². The van der Waals surface area contributed by atoms with Crippen molar-refractivity contribution in [2.45, 2.75) is 6.04 Å². The number of aromatic amines is 1. The first kappa shape index (κ1) is 22.8. The number of halogens is 1. The van der Waals surface area contributed by atoms with Crippen LogP contribution >= 0.6 is 11.6 Å². The van der Waals surface area contributed by atoms with Crippen LogP contribution in [-0.4, -0.2) is 73.3 Å². The first-order chi connectivity index (χ1) is 17.5. The number of likely N-dealkylation sites (N-methyl/N-ethyl adjacent to an activating group) is 1. The lowest BCUT2D eigenvalue weighted by molar-refractivity contribution is 0.188. The second-order valence-electron chi connectivity index (χ2n) is 9.52. The Morgan fingerprint density at radius 2 is 1.97 bits per heavy atom. The van der Waals surface area contributed by atoms with E-state index in [4.69, 9.17) is 21.3 Å². The summed E-state index contributed by atoms with van der Waals surface area (Å²) in [4.78, 5) is 19.5. The minimum atomic E-state index is 0.386. The van der Waals surface area contributed by atoms with Crippen molar-refractivity contribution >= 4 is 57.2 Å². The summed E-state index contributed by atoms with van der Waals surface area (Å²) in [6.45, 7) is 3.75. The molecule has 0 aliphatic carbocycles. The number of hydrogen-bond acceptors (Lipinski definition) is 8. The van der Waals surface area contributed by atoms with Crippen LogP contribution in [0, 0.1) is 0 Å². The summed E-state index contributed by atoms with van der Waals surface area (Å²) in [7, 11) is 6.18. The molecule has 4 heterocycles. The van der Waals surface area contributed by atoms with E-state index < -0.39 is 0 Å².